The summed E-state index contributed by atoms with van der Waals surface area (Å²) in [6.45, 7) is 1.23. The highest BCUT2D eigenvalue weighted by Crippen LogP contribution is 2.12. The van der Waals surface area contributed by atoms with Gasteiger partial charge in [0.05, 0.1) is 6.20 Å². The van der Waals surface area contributed by atoms with Gasteiger partial charge >= 0.3 is 0 Å². The SMILES string of the molecule is COCCCn1cc(S(=O)(=O)Cl)cn1. The van der Waals surface area contributed by atoms with E-state index in [0.717, 1.165) is 6.42 Å². The molecule has 0 bridgehead atoms. The molecule has 0 aliphatic carbocycles. The van der Waals surface area contributed by atoms with Gasteiger partial charge in [0.15, 0.2) is 0 Å². The Bertz CT molecular complexity index is 387. The summed E-state index contributed by atoms with van der Waals surface area (Å²) in [5, 5.41) is 3.85. The van der Waals surface area contributed by atoms with Gasteiger partial charge in [-0.1, -0.05) is 0 Å². The van der Waals surface area contributed by atoms with Crippen molar-refractivity contribution in [3.8, 4) is 0 Å². The molecular weight excluding hydrogens is 228 g/mol. The molecule has 0 aliphatic rings. The van der Waals surface area contributed by atoms with Crippen LogP contribution in [0.5, 0.6) is 0 Å². The maximum atomic E-state index is 10.9. The Hall–Kier alpha value is -0.590. The summed E-state index contributed by atoms with van der Waals surface area (Å²) < 4.78 is 28.1. The predicted molar refractivity (Wildman–Crippen MR) is 51.8 cm³/mol. The van der Waals surface area contributed by atoms with Gasteiger partial charge < -0.3 is 4.74 Å². The van der Waals surface area contributed by atoms with E-state index in [9.17, 15) is 8.42 Å². The van der Waals surface area contributed by atoms with Gasteiger partial charge in [0, 0.05) is 37.1 Å². The second kappa shape index (κ2) is 4.77. The Morgan fingerprint density at radius 1 is 1.64 bits per heavy atom. The van der Waals surface area contributed by atoms with Crippen LogP contribution in [0.4, 0.5) is 0 Å². The minimum absolute atomic E-state index is 0.0246. The van der Waals surface area contributed by atoms with E-state index in [4.69, 9.17) is 15.4 Å². The predicted octanol–water partition coefficient (Wildman–Crippen LogP) is 0.847. The summed E-state index contributed by atoms with van der Waals surface area (Å²) >= 11 is 0. The van der Waals surface area contributed by atoms with E-state index in [1.54, 1.807) is 7.11 Å². The zero-order chi connectivity index (χ0) is 10.6. The van der Waals surface area contributed by atoms with Crippen LogP contribution in [-0.2, 0) is 20.3 Å². The number of hydrogen-bond donors (Lipinski definition) is 0. The fourth-order valence-electron chi connectivity index (χ4n) is 0.964. The van der Waals surface area contributed by atoms with Gasteiger partial charge in [-0.2, -0.15) is 5.10 Å². The van der Waals surface area contributed by atoms with E-state index < -0.39 is 9.05 Å². The summed E-state index contributed by atoms with van der Waals surface area (Å²) in [4.78, 5) is 0.0246. The van der Waals surface area contributed by atoms with Crippen molar-refractivity contribution in [3.05, 3.63) is 12.4 Å². The van der Waals surface area contributed by atoms with Crippen molar-refractivity contribution in [3.63, 3.8) is 0 Å². The second-order valence-electron chi connectivity index (χ2n) is 2.72. The van der Waals surface area contributed by atoms with Gasteiger partial charge in [0.25, 0.3) is 9.05 Å². The van der Waals surface area contributed by atoms with Crippen molar-refractivity contribution in [1.29, 1.82) is 0 Å². The summed E-state index contributed by atoms with van der Waals surface area (Å²) in [5.74, 6) is 0. The topological polar surface area (TPSA) is 61.2 Å². The minimum atomic E-state index is -3.65. The average molecular weight is 239 g/mol. The summed E-state index contributed by atoms with van der Waals surface area (Å²) in [6, 6.07) is 0. The highest BCUT2D eigenvalue weighted by molar-refractivity contribution is 8.13. The lowest BCUT2D eigenvalue weighted by atomic mass is 10.4. The van der Waals surface area contributed by atoms with Crippen LogP contribution in [0.1, 0.15) is 6.42 Å². The number of ether oxygens (including phenoxy) is 1. The molecule has 0 radical (unpaired) electrons. The molecule has 14 heavy (non-hydrogen) atoms. The van der Waals surface area contributed by atoms with Crippen LogP contribution < -0.4 is 0 Å². The molecule has 1 aromatic rings. The molecule has 1 aromatic heterocycles. The van der Waals surface area contributed by atoms with Crippen LogP contribution in [0.3, 0.4) is 0 Å². The van der Waals surface area contributed by atoms with E-state index in [-0.39, 0.29) is 4.90 Å². The van der Waals surface area contributed by atoms with Crippen LogP contribution in [-0.4, -0.2) is 31.9 Å². The maximum Gasteiger partial charge on any atom is 0.264 e. The van der Waals surface area contributed by atoms with Crippen molar-refractivity contribution < 1.29 is 13.2 Å². The molecule has 0 saturated carbocycles. The van der Waals surface area contributed by atoms with E-state index in [1.165, 1.54) is 17.1 Å². The van der Waals surface area contributed by atoms with Crippen LogP contribution in [0.15, 0.2) is 17.3 Å². The van der Waals surface area contributed by atoms with Gasteiger partial charge in [-0.15, -0.1) is 0 Å². The van der Waals surface area contributed by atoms with Crippen molar-refractivity contribution in [2.24, 2.45) is 0 Å². The largest absolute Gasteiger partial charge is 0.385 e. The Morgan fingerprint density at radius 3 is 2.86 bits per heavy atom. The Morgan fingerprint density at radius 2 is 2.36 bits per heavy atom. The first-order chi connectivity index (χ1) is 6.54. The highest BCUT2D eigenvalue weighted by Gasteiger charge is 2.11. The quantitative estimate of drug-likeness (QED) is 0.564. The molecule has 80 valence electrons. The number of nitrogens with zero attached hydrogens (tertiary/aromatic N) is 2. The molecular formula is C7H11ClN2O3S. The lowest BCUT2D eigenvalue weighted by molar-refractivity contribution is 0.189. The average Bonchev–Trinajstić information content (AvgIpc) is 2.52. The third-order valence-electron chi connectivity index (χ3n) is 1.63. The summed E-state index contributed by atoms with van der Waals surface area (Å²) in [7, 11) is 3.08. The summed E-state index contributed by atoms with van der Waals surface area (Å²) in [5.41, 5.74) is 0. The van der Waals surface area contributed by atoms with E-state index in [1.807, 2.05) is 0 Å². The van der Waals surface area contributed by atoms with Crippen molar-refractivity contribution in [1.82, 2.24) is 9.78 Å². The first-order valence-corrected chi connectivity index (χ1v) is 6.31. The number of methoxy groups -OCH3 is 1. The molecule has 1 heterocycles. The maximum absolute atomic E-state index is 10.9. The lowest BCUT2D eigenvalue weighted by Gasteiger charge is -1.99. The zero-order valence-corrected chi connectivity index (χ0v) is 9.25. The molecule has 0 amide bonds. The number of aromatic nitrogens is 2. The molecule has 0 aliphatic heterocycles. The number of rotatable bonds is 5. The van der Waals surface area contributed by atoms with Crippen molar-refractivity contribution >= 4 is 19.7 Å². The fraction of sp³-hybridized carbons (Fsp3) is 0.571. The molecule has 1 rings (SSSR count). The molecule has 0 saturated heterocycles. The zero-order valence-electron chi connectivity index (χ0n) is 7.68. The molecule has 0 N–H and O–H groups in total. The molecule has 7 heteroatoms. The Balaban J connectivity index is 2.60. The number of halogens is 1. The smallest absolute Gasteiger partial charge is 0.264 e. The number of aryl methyl sites for hydroxylation is 1. The van der Waals surface area contributed by atoms with Crippen LogP contribution in [0.2, 0.25) is 0 Å². The van der Waals surface area contributed by atoms with Gasteiger partial charge in [-0.05, 0) is 6.42 Å². The van der Waals surface area contributed by atoms with Crippen LogP contribution in [0, 0.1) is 0 Å². The lowest BCUT2D eigenvalue weighted by Crippen LogP contribution is -2.01. The van der Waals surface area contributed by atoms with E-state index in [0.29, 0.717) is 13.2 Å². The Kier molecular flexibility index (Phi) is 3.91. The van der Waals surface area contributed by atoms with Gasteiger partial charge in [0.2, 0.25) is 0 Å². The van der Waals surface area contributed by atoms with Crippen LogP contribution in [0.25, 0.3) is 0 Å². The van der Waals surface area contributed by atoms with E-state index >= 15 is 0 Å². The molecule has 0 spiro atoms. The third-order valence-corrected chi connectivity index (χ3v) is 2.94. The van der Waals surface area contributed by atoms with Crippen LogP contribution >= 0.6 is 10.7 Å². The minimum Gasteiger partial charge on any atom is -0.385 e. The van der Waals surface area contributed by atoms with Gasteiger partial charge in [-0.3, -0.25) is 4.68 Å². The first-order valence-electron chi connectivity index (χ1n) is 4.00. The first kappa shape index (κ1) is 11.5. The molecule has 5 nitrogen and oxygen atoms in total. The third kappa shape index (κ3) is 3.28. The van der Waals surface area contributed by atoms with E-state index in [2.05, 4.69) is 5.10 Å². The van der Waals surface area contributed by atoms with Crippen molar-refractivity contribution in [2.75, 3.05) is 13.7 Å². The fourth-order valence-corrected chi connectivity index (χ4v) is 1.62. The normalized spacial score (nSPS) is 11.9. The Labute approximate surface area is 87.0 Å². The van der Waals surface area contributed by atoms with Gasteiger partial charge in [-0.25, -0.2) is 8.42 Å². The molecule has 0 atom stereocenters. The monoisotopic (exact) mass is 238 g/mol. The molecule has 0 unspecified atom stereocenters. The second-order valence-corrected chi connectivity index (χ2v) is 5.29. The highest BCUT2D eigenvalue weighted by atomic mass is 35.7. The molecule has 0 aromatic carbocycles. The number of hydrogen-bond acceptors (Lipinski definition) is 4. The van der Waals surface area contributed by atoms with Crippen molar-refractivity contribution in [2.45, 2.75) is 17.9 Å². The summed E-state index contributed by atoms with van der Waals surface area (Å²) in [6.07, 6.45) is 3.41. The van der Waals surface area contributed by atoms with Gasteiger partial charge in [0.1, 0.15) is 4.90 Å². The standard InChI is InChI=1S/C7H11ClN2O3S/c1-13-4-2-3-10-6-7(5-9-10)14(8,11)12/h5-6H,2-4H2,1H3. The molecule has 0 fully saturated rings.